The van der Waals surface area contributed by atoms with Gasteiger partial charge in [-0.25, -0.2) is 0 Å². The first kappa shape index (κ1) is 11.5. The number of pyridine rings is 1. The summed E-state index contributed by atoms with van der Waals surface area (Å²) in [6, 6.07) is 5.96. The minimum absolute atomic E-state index is 0.285. The minimum Gasteiger partial charge on any atom is -0.388 e. The fourth-order valence-electron chi connectivity index (χ4n) is 2.66. The van der Waals surface area contributed by atoms with E-state index in [1.54, 1.807) is 0 Å². The van der Waals surface area contributed by atoms with Crippen LogP contribution in [0.4, 0.5) is 0 Å². The standard InChI is InChI=1S/C15H18N2O/c18-15-7-2-1-5-12-9-17(11-14(12)15)10-13-6-3-4-8-16-13/h3-4,6,8-9,11,15,18H,1-2,5,7,10H2. The van der Waals surface area contributed by atoms with Gasteiger partial charge in [0, 0.05) is 24.2 Å². The molecule has 1 aliphatic carbocycles. The number of fused-ring (bicyclic) bond motifs is 1. The summed E-state index contributed by atoms with van der Waals surface area (Å²) in [4.78, 5) is 4.33. The van der Waals surface area contributed by atoms with E-state index in [1.807, 2.05) is 24.4 Å². The number of hydrogen-bond donors (Lipinski definition) is 1. The van der Waals surface area contributed by atoms with E-state index in [4.69, 9.17) is 0 Å². The zero-order chi connectivity index (χ0) is 12.4. The smallest absolute Gasteiger partial charge is 0.0807 e. The topological polar surface area (TPSA) is 38.0 Å². The predicted octanol–water partition coefficient (Wildman–Crippen LogP) is 2.69. The molecule has 0 fully saturated rings. The van der Waals surface area contributed by atoms with Crippen molar-refractivity contribution in [3.8, 4) is 0 Å². The average molecular weight is 242 g/mol. The summed E-state index contributed by atoms with van der Waals surface area (Å²) in [7, 11) is 0. The van der Waals surface area contributed by atoms with E-state index >= 15 is 0 Å². The van der Waals surface area contributed by atoms with Crippen LogP contribution in [0.25, 0.3) is 0 Å². The van der Waals surface area contributed by atoms with Crippen LogP contribution in [0.1, 0.15) is 42.2 Å². The van der Waals surface area contributed by atoms with Crippen molar-refractivity contribution in [2.45, 2.75) is 38.3 Å². The largest absolute Gasteiger partial charge is 0.388 e. The molecule has 0 amide bonds. The van der Waals surface area contributed by atoms with Crippen LogP contribution in [0.2, 0.25) is 0 Å². The number of rotatable bonds is 2. The van der Waals surface area contributed by atoms with Gasteiger partial charge in [0.25, 0.3) is 0 Å². The van der Waals surface area contributed by atoms with Crippen LogP contribution >= 0.6 is 0 Å². The first-order chi connectivity index (χ1) is 8.83. The molecule has 0 radical (unpaired) electrons. The van der Waals surface area contributed by atoms with Gasteiger partial charge in [0.1, 0.15) is 0 Å². The summed E-state index contributed by atoms with van der Waals surface area (Å²) < 4.78 is 2.14. The lowest BCUT2D eigenvalue weighted by atomic mass is 10.1. The van der Waals surface area contributed by atoms with E-state index < -0.39 is 0 Å². The van der Waals surface area contributed by atoms with Gasteiger partial charge in [-0.05, 0) is 37.0 Å². The highest BCUT2D eigenvalue weighted by atomic mass is 16.3. The third-order valence-electron chi connectivity index (χ3n) is 3.60. The van der Waals surface area contributed by atoms with Crippen LogP contribution in [-0.2, 0) is 13.0 Å². The Kier molecular flexibility index (Phi) is 3.15. The van der Waals surface area contributed by atoms with Gasteiger partial charge in [-0.1, -0.05) is 12.5 Å². The van der Waals surface area contributed by atoms with Crippen molar-refractivity contribution in [1.29, 1.82) is 0 Å². The molecule has 1 atom stereocenters. The summed E-state index contributed by atoms with van der Waals surface area (Å²) in [6.45, 7) is 0.778. The lowest BCUT2D eigenvalue weighted by Crippen LogP contribution is -1.99. The molecule has 0 aliphatic heterocycles. The molecule has 3 rings (SSSR count). The Labute approximate surface area is 107 Å². The Bertz CT molecular complexity index is 519. The molecule has 94 valence electrons. The maximum atomic E-state index is 10.1. The fraction of sp³-hybridized carbons (Fsp3) is 0.400. The Morgan fingerprint density at radius 2 is 2.22 bits per heavy atom. The first-order valence-electron chi connectivity index (χ1n) is 6.59. The molecule has 1 unspecified atom stereocenters. The lowest BCUT2D eigenvalue weighted by molar-refractivity contribution is 0.166. The maximum absolute atomic E-state index is 10.1. The molecular formula is C15H18N2O. The zero-order valence-corrected chi connectivity index (χ0v) is 10.4. The molecule has 0 saturated carbocycles. The molecule has 1 N–H and O–H groups in total. The van der Waals surface area contributed by atoms with Gasteiger partial charge in [-0.3, -0.25) is 4.98 Å². The summed E-state index contributed by atoms with van der Waals surface area (Å²) in [6.07, 6.45) is 10.1. The van der Waals surface area contributed by atoms with Gasteiger partial charge in [0.2, 0.25) is 0 Å². The van der Waals surface area contributed by atoms with E-state index in [0.29, 0.717) is 0 Å². The van der Waals surface area contributed by atoms with Crippen molar-refractivity contribution in [2.75, 3.05) is 0 Å². The van der Waals surface area contributed by atoms with Crippen molar-refractivity contribution in [1.82, 2.24) is 9.55 Å². The van der Waals surface area contributed by atoms with Crippen LogP contribution < -0.4 is 0 Å². The molecule has 0 saturated heterocycles. The first-order valence-corrected chi connectivity index (χ1v) is 6.59. The van der Waals surface area contributed by atoms with Crippen molar-refractivity contribution in [3.05, 3.63) is 53.6 Å². The van der Waals surface area contributed by atoms with Crippen LogP contribution in [0.15, 0.2) is 36.8 Å². The SMILES string of the molecule is OC1CCCCc2cn(Cc3ccccn3)cc21. The van der Waals surface area contributed by atoms with E-state index in [-0.39, 0.29) is 6.10 Å². The van der Waals surface area contributed by atoms with Gasteiger partial charge in [0.05, 0.1) is 18.3 Å². The molecule has 2 aromatic rings. The van der Waals surface area contributed by atoms with Gasteiger partial charge >= 0.3 is 0 Å². The molecular weight excluding hydrogens is 224 g/mol. The van der Waals surface area contributed by atoms with E-state index in [2.05, 4.69) is 21.9 Å². The van der Waals surface area contributed by atoms with Crippen LogP contribution in [0.3, 0.4) is 0 Å². The molecule has 18 heavy (non-hydrogen) atoms. The Hall–Kier alpha value is -1.61. The lowest BCUT2D eigenvalue weighted by Gasteiger charge is -2.06. The Morgan fingerprint density at radius 1 is 1.28 bits per heavy atom. The second kappa shape index (κ2) is 4.94. The number of aromatic nitrogens is 2. The van der Waals surface area contributed by atoms with E-state index in [0.717, 1.165) is 37.1 Å². The van der Waals surface area contributed by atoms with Crippen LogP contribution in [-0.4, -0.2) is 14.7 Å². The van der Waals surface area contributed by atoms with Crippen molar-refractivity contribution in [2.24, 2.45) is 0 Å². The molecule has 1 aliphatic rings. The van der Waals surface area contributed by atoms with Gasteiger partial charge in [-0.2, -0.15) is 0 Å². The van der Waals surface area contributed by atoms with Crippen molar-refractivity contribution in [3.63, 3.8) is 0 Å². The number of aryl methyl sites for hydroxylation is 1. The molecule has 0 aromatic carbocycles. The molecule has 3 nitrogen and oxygen atoms in total. The maximum Gasteiger partial charge on any atom is 0.0807 e. The number of nitrogens with zero attached hydrogens (tertiary/aromatic N) is 2. The van der Waals surface area contributed by atoms with Crippen LogP contribution in [0, 0.1) is 0 Å². The highest BCUT2D eigenvalue weighted by Gasteiger charge is 2.18. The normalized spacial score (nSPS) is 19.3. The van der Waals surface area contributed by atoms with Crippen LogP contribution in [0.5, 0.6) is 0 Å². The molecule has 2 aromatic heterocycles. The monoisotopic (exact) mass is 242 g/mol. The van der Waals surface area contributed by atoms with Crippen molar-refractivity contribution >= 4 is 0 Å². The average Bonchev–Trinajstić information content (AvgIpc) is 2.71. The second-order valence-electron chi connectivity index (χ2n) is 4.99. The fourth-order valence-corrected chi connectivity index (χ4v) is 2.66. The number of hydrogen-bond acceptors (Lipinski definition) is 2. The number of aliphatic hydroxyl groups is 1. The van der Waals surface area contributed by atoms with Gasteiger partial charge < -0.3 is 9.67 Å². The Morgan fingerprint density at radius 3 is 3.06 bits per heavy atom. The van der Waals surface area contributed by atoms with E-state index in [9.17, 15) is 5.11 Å². The molecule has 0 spiro atoms. The third-order valence-corrected chi connectivity index (χ3v) is 3.60. The third kappa shape index (κ3) is 2.31. The molecule has 3 heteroatoms. The van der Waals surface area contributed by atoms with E-state index in [1.165, 1.54) is 12.0 Å². The quantitative estimate of drug-likeness (QED) is 0.822. The highest BCUT2D eigenvalue weighted by molar-refractivity contribution is 5.28. The van der Waals surface area contributed by atoms with Crippen molar-refractivity contribution < 1.29 is 5.11 Å². The highest BCUT2D eigenvalue weighted by Crippen LogP contribution is 2.29. The number of aliphatic hydroxyl groups excluding tert-OH is 1. The van der Waals surface area contributed by atoms with Gasteiger partial charge in [0.15, 0.2) is 0 Å². The molecule has 0 bridgehead atoms. The summed E-state index contributed by atoms with van der Waals surface area (Å²) >= 11 is 0. The Balaban J connectivity index is 1.85. The summed E-state index contributed by atoms with van der Waals surface area (Å²) in [5.74, 6) is 0. The second-order valence-corrected chi connectivity index (χ2v) is 4.99. The molecule has 2 heterocycles. The summed E-state index contributed by atoms with van der Waals surface area (Å²) in [5.41, 5.74) is 3.47. The van der Waals surface area contributed by atoms with Gasteiger partial charge in [-0.15, -0.1) is 0 Å². The zero-order valence-electron chi connectivity index (χ0n) is 10.4. The minimum atomic E-state index is -0.285. The predicted molar refractivity (Wildman–Crippen MR) is 70.3 cm³/mol. The summed E-state index contributed by atoms with van der Waals surface area (Å²) in [5, 5.41) is 10.1.